The van der Waals surface area contributed by atoms with Crippen LogP contribution in [0.5, 0.6) is 0 Å². The average molecular weight is 404 g/mol. The largest absolute Gasteiger partial charge is 0.472 e. The van der Waals surface area contributed by atoms with Crippen molar-refractivity contribution in [1.82, 2.24) is 14.7 Å². The highest BCUT2D eigenvalue weighted by Crippen LogP contribution is 2.34. The first kappa shape index (κ1) is 20.3. The van der Waals surface area contributed by atoms with E-state index in [-0.39, 0.29) is 12.0 Å². The zero-order chi connectivity index (χ0) is 20.3. The van der Waals surface area contributed by atoms with Crippen LogP contribution in [0.4, 0.5) is 4.79 Å². The van der Waals surface area contributed by atoms with Crippen molar-refractivity contribution in [2.75, 3.05) is 39.8 Å². The van der Waals surface area contributed by atoms with Crippen molar-refractivity contribution >= 4 is 12.0 Å². The lowest BCUT2D eigenvalue weighted by atomic mass is 9.91. The lowest BCUT2D eigenvalue weighted by Gasteiger charge is -2.37. The molecule has 0 unspecified atom stereocenters. The van der Waals surface area contributed by atoms with Crippen LogP contribution in [-0.4, -0.2) is 78.1 Å². The number of furan rings is 1. The molecular weight excluding hydrogens is 370 g/mol. The van der Waals surface area contributed by atoms with Crippen molar-refractivity contribution in [1.29, 1.82) is 0 Å². The van der Waals surface area contributed by atoms with Gasteiger partial charge >= 0.3 is 6.09 Å². The fourth-order valence-corrected chi connectivity index (χ4v) is 5.03. The molecule has 0 bridgehead atoms. The SMILES string of the molecule is CN(CCCN1CC2(CCN(C(=O)c3ccoc3)CC2)OC1=O)C1CCCCC1. The number of carbonyl (C=O) groups is 2. The van der Waals surface area contributed by atoms with E-state index >= 15 is 0 Å². The third kappa shape index (κ3) is 4.60. The molecule has 2 aliphatic heterocycles. The van der Waals surface area contributed by atoms with E-state index in [9.17, 15) is 9.59 Å². The standard InChI is InChI=1S/C22H33N3O4/c1-23(19-6-3-2-4-7-19)11-5-12-25-17-22(29-21(25)27)9-13-24(14-10-22)20(26)18-8-15-28-16-18/h8,15-16,19H,2-7,9-14,17H2,1H3. The molecule has 1 aromatic rings. The molecular formula is C22H33N3O4. The van der Waals surface area contributed by atoms with Gasteiger partial charge in [-0.25, -0.2) is 4.79 Å². The smallest absolute Gasteiger partial charge is 0.410 e. The Hall–Kier alpha value is -2.02. The van der Waals surface area contributed by atoms with Gasteiger partial charge in [0.25, 0.3) is 5.91 Å². The van der Waals surface area contributed by atoms with E-state index in [1.807, 2.05) is 9.80 Å². The van der Waals surface area contributed by atoms with E-state index in [0.29, 0.717) is 44.1 Å². The summed E-state index contributed by atoms with van der Waals surface area (Å²) in [5, 5.41) is 0. The van der Waals surface area contributed by atoms with Gasteiger partial charge in [-0.1, -0.05) is 19.3 Å². The fraction of sp³-hybridized carbons (Fsp3) is 0.727. The van der Waals surface area contributed by atoms with Crippen molar-refractivity contribution in [3.8, 4) is 0 Å². The number of nitrogens with zero attached hydrogens (tertiary/aromatic N) is 3. The second kappa shape index (κ2) is 8.78. The van der Waals surface area contributed by atoms with Crippen LogP contribution < -0.4 is 0 Å². The Morgan fingerprint density at radius 3 is 2.69 bits per heavy atom. The quantitative estimate of drug-likeness (QED) is 0.729. The molecule has 1 saturated carbocycles. The van der Waals surface area contributed by atoms with Gasteiger partial charge in [0.1, 0.15) is 11.9 Å². The summed E-state index contributed by atoms with van der Waals surface area (Å²) in [6, 6.07) is 2.40. The first-order chi connectivity index (χ1) is 14.1. The summed E-state index contributed by atoms with van der Waals surface area (Å²) in [6.45, 7) is 3.63. The van der Waals surface area contributed by atoms with Gasteiger partial charge in [-0.3, -0.25) is 4.79 Å². The van der Waals surface area contributed by atoms with Gasteiger partial charge in [0, 0.05) is 38.5 Å². The molecule has 2 saturated heterocycles. The summed E-state index contributed by atoms with van der Waals surface area (Å²) in [4.78, 5) is 31.1. The second-order valence-corrected chi connectivity index (χ2v) is 8.90. The van der Waals surface area contributed by atoms with Crippen molar-refractivity contribution < 1.29 is 18.7 Å². The Kier molecular flexibility index (Phi) is 6.13. The molecule has 0 aromatic carbocycles. The first-order valence-electron chi connectivity index (χ1n) is 11.1. The highest BCUT2D eigenvalue weighted by Gasteiger charge is 2.47. The molecule has 1 spiro atoms. The zero-order valence-electron chi connectivity index (χ0n) is 17.5. The van der Waals surface area contributed by atoms with Gasteiger partial charge in [0.2, 0.25) is 0 Å². The van der Waals surface area contributed by atoms with E-state index in [4.69, 9.17) is 9.15 Å². The molecule has 0 atom stereocenters. The van der Waals surface area contributed by atoms with Gasteiger partial charge in [0.05, 0.1) is 18.4 Å². The molecule has 7 nitrogen and oxygen atoms in total. The number of rotatable bonds is 6. The topological polar surface area (TPSA) is 66.2 Å². The highest BCUT2D eigenvalue weighted by atomic mass is 16.6. The highest BCUT2D eigenvalue weighted by molar-refractivity contribution is 5.93. The van der Waals surface area contributed by atoms with Crippen LogP contribution in [0.2, 0.25) is 0 Å². The predicted molar refractivity (Wildman–Crippen MR) is 109 cm³/mol. The lowest BCUT2D eigenvalue weighted by molar-refractivity contribution is 0.00312. The number of hydrogen-bond donors (Lipinski definition) is 0. The summed E-state index contributed by atoms with van der Waals surface area (Å²) in [5.74, 6) is -0.0134. The molecule has 3 aliphatic rings. The maximum atomic E-state index is 12.5. The Bertz CT molecular complexity index is 691. The van der Waals surface area contributed by atoms with E-state index in [1.165, 1.54) is 44.6 Å². The second-order valence-electron chi connectivity index (χ2n) is 8.90. The van der Waals surface area contributed by atoms with Gasteiger partial charge in [-0.05, 0) is 38.9 Å². The fourth-order valence-electron chi connectivity index (χ4n) is 5.03. The Morgan fingerprint density at radius 2 is 2.00 bits per heavy atom. The Labute approximate surface area is 172 Å². The number of likely N-dealkylation sites (tertiary alicyclic amines) is 1. The minimum absolute atomic E-state index is 0.0134. The maximum Gasteiger partial charge on any atom is 0.410 e. The number of carbonyl (C=O) groups excluding carboxylic acids is 2. The van der Waals surface area contributed by atoms with Crippen LogP contribution in [0.25, 0.3) is 0 Å². The number of hydrogen-bond acceptors (Lipinski definition) is 5. The molecule has 2 amide bonds. The molecule has 1 aromatic heterocycles. The van der Waals surface area contributed by atoms with Crippen molar-refractivity contribution in [2.45, 2.75) is 63.0 Å². The number of piperidine rings is 1. The van der Waals surface area contributed by atoms with Crippen LogP contribution in [0.15, 0.2) is 23.0 Å². The molecule has 0 radical (unpaired) electrons. The average Bonchev–Trinajstić information content (AvgIpc) is 3.38. The van der Waals surface area contributed by atoms with E-state index < -0.39 is 5.60 Å². The summed E-state index contributed by atoms with van der Waals surface area (Å²) in [6.07, 6.45) is 11.8. The molecule has 160 valence electrons. The van der Waals surface area contributed by atoms with Crippen molar-refractivity contribution in [2.24, 2.45) is 0 Å². The van der Waals surface area contributed by atoms with Gasteiger partial charge in [0.15, 0.2) is 0 Å². The minimum Gasteiger partial charge on any atom is -0.472 e. The molecule has 1 aliphatic carbocycles. The third-order valence-electron chi connectivity index (χ3n) is 6.91. The lowest BCUT2D eigenvalue weighted by Crippen LogP contribution is -2.48. The first-order valence-corrected chi connectivity index (χ1v) is 11.1. The van der Waals surface area contributed by atoms with Gasteiger partial charge in [-0.15, -0.1) is 0 Å². The molecule has 3 heterocycles. The van der Waals surface area contributed by atoms with Crippen molar-refractivity contribution in [3.05, 3.63) is 24.2 Å². The third-order valence-corrected chi connectivity index (χ3v) is 6.91. The summed E-state index contributed by atoms with van der Waals surface area (Å²) >= 11 is 0. The Balaban J connectivity index is 1.22. The molecule has 4 rings (SSSR count). The van der Waals surface area contributed by atoms with Crippen LogP contribution in [0, 0.1) is 0 Å². The predicted octanol–water partition coefficient (Wildman–Crippen LogP) is 3.36. The van der Waals surface area contributed by atoms with Gasteiger partial charge in [-0.2, -0.15) is 0 Å². The molecule has 7 heteroatoms. The Morgan fingerprint density at radius 1 is 1.24 bits per heavy atom. The minimum atomic E-state index is -0.431. The van der Waals surface area contributed by atoms with E-state index in [0.717, 1.165) is 19.5 Å². The van der Waals surface area contributed by atoms with Gasteiger partial charge < -0.3 is 23.9 Å². The summed E-state index contributed by atoms with van der Waals surface area (Å²) in [7, 11) is 2.21. The molecule has 0 N–H and O–H groups in total. The number of amides is 2. The zero-order valence-corrected chi connectivity index (χ0v) is 17.5. The monoisotopic (exact) mass is 403 g/mol. The normalized spacial score (nSPS) is 22.5. The summed E-state index contributed by atoms with van der Waals surface area (Å²) in [5.41, 5.74) is 0.146. The summed E-state index contributed by atoms with van der Waals surface area (Å²) < 4.78 is 10.8. The number of ether oxygens (including phenoxy) is 1. The molecule has 29 heavy (non-hydrogen) atoms. The van der Waals surface area contributed by atoms with E-state index in [2.05, 4.69) is 11.9 Å². The molecule has 3 fully saturated rings. The van der Waals surface area contributed by atoms with Crippen LogP contribution in [0.3, 0.4) is 0 Å². The van der Waals surface area contributed by atoms with Crippen LogP contribution >= 0.6 is 0 Å². The van der Waals surface area contributed by atoms with Crippen LogP contribution in [0.1, 0.15) is 61.7 Å². The van der Waals surface area contributed by atoms with E-state index in [1.54, 1.807) is 6.07 Å². The van der Waals surface area contributed by atoms with Crippen LogP contribution in [-0.2, 0) is 4.74 Å². The maximum absolute atomic E-state index is 12.5. The van der Waals surface area contributed by atoms with Crippen molar-refractivity contribution in [3.63, 3.8) is 0 Å².